The highest BCUT2D eigenvalue weighted by atomic mass is 16.4. The molecule has 0 aliphatic carbocycles. The molecule has 100 valence electrons. The number of aliphatic carboxylic acids is 1. The van der Waals surface area contributed by atoms with Crippen molar-refractivity contribution in [3.8, 4) is 0 Å². The van der Waals surface area contributed by atoms with Crippen LogP contribution in [0, 0.1) is 0 Å². The van der Waals surface area contributed by atoms with Gasteiger partial charge < -0.3 is 15.5 Å². The summed E-state index contributed by atoms with van der Waals surface area (Å²) >= 11 is 0. The van der Waals surface area contributed by atoms with Gasteiger partial charge in [-0.05, 0) is 19.1 Å². The number of pyridine rings is 1. The highest BCUT2D eigenvalue weighted by molar-refractivity contribution is 6.00. The minimum atomic E-state index is -2.00. The third kappa shape index (κ3) is 2.55. The second-order valence-corrected chi connectivity index (χ2v) is 4.35. The van der Waals surface area contributed by atoms with Gasteiger partial charge in [0.05, 0.1) is 23.8 Å². The minimum Gasteiger partial charge on any atom is -0.479 e. The van der Waals surface area contributed by atoms with Crippen LogP contribution >= 0.6 is 0 Å². The van der Waals surface area contributed by atoms with Crippen LogP contribution in [0.1, 0.15) is 17.3 Å². The molecule has 0 saturated carbocycles. The van der Waals surface area contributed by atoms with Gasteiger partial charge >= 0.3 is 5.97 Å². The number of carboxylic acids is 1. The van der Waals surface area contributed by atoms with Crippen molar-refractivity contribution in [1.29, 1.82) is 0 Å². The van der Waals surface area contributed by atoms with Gasteiger partial charge in [-0.3, -0.25) is 4.79 Å². The Morgan fingerprint density at radius 3 is 2.89 bits per heavy atom. The second kappa shape index (κ2) is 4.69. The summed E-state index contributed by atoms with van der Waals surface area (Å²) in [4.78, 5) is 22.6. The molecule has 1 unspecified atom stereocenters. The van der Waals surface area contributed by atoms with Crippen molar-refractivity contribution in [3.63, 3.8) is 0 Å². The number of carboxylic acid groups (broad SMARTS) is 1. The number of nitrogens with zero attached hydrogens (tertiary/aromatic N) is 2. The first kappa shape index (κ1) is 13.0. The SMILES string of the molecule is CC(O)(CNC(=O)c1cnn2ccccc12)C(=O)O. The van der Waals surface area contributed by atoms with E-state index in [1.807, 2.05) is 0 Å². The van der Waals surface area contributed by atoms with E-state index in [1.54, 1.807) is 24.4 Å². The molecule has 7 nitrogen and oxygen atoms in total. The van der Waals surface area contributed by atoms with Crippen LogP contribution in [0.25, 0.3) is 5.52 Å². The third-order valence-corrected chi connectivity index (χ3v) is 2.73. The Morgan fingerprint density at radius 1 is 1.47 bits per heavy atom. The van der Waals surface area contributed by atoms with E-state index in [4.69, 9.17) is 5.11 Å². The van der Waals surface area contributed by atoms with Gasteiger partial charge in [-0.1, -0.05) is 6.07 Å². The molecule has 0 fully saturated rings. The monoisotopic (exact) mass is 263 g/mol. The Hall–Kier alpha value is -2.41. The van der Waals surface area contributed by atoms with E-state index in [2.05, 4.69) is 10.4 Å². The maximum absolute atomic E-state index is 11.9. The molecule has 0 radical (unpaired) electrons. The lowest BCUT2D eigenvalue weighted by atomic mass is 10.1. The number of aromatic nitrogens is 2. The number of carbonyl (C=O) groups excluding carboxylic acids is 1. The fourth-order valence-corrected chi connectivity index (χ4v) is 1.53. The van der Waals surface area contributed by atoms with Crippen molar-refractivity contribution >= 4 is 17.4 Å². The van der Waals surface area contributed by atoms with Gasteiger partial charge in [-0.15, -0.1) is 0 Å². The van der Waals surface area contributed by atoms with Crippen molar-refractivity contribution in [2.45, 2.75) is 12.5 Å². The van der Waals surface area contributed by atoms with Gasteiger partial charge in [0.2, 0.25) is 0 Å². The topological polar surface area (TPSA) is 104 Å². The number of rotatable bonds is 4. The smallest absolute Gasteiger partial charge is 0.337 e. The molecule has 0 saturated heterocycles. The maximum Gasteiger partial charge on any atom is 0.337 e. The molecule has 3 N–H and O–H groups in total. The first-order valence-corrected chi connectivity index (χ1v) is 5.58. The van der Waals surface area contributed by atoms with Crippen molar-refractivity contribution < 1.29 is 19.8 Å². The fraction of sp³-hybridized carbons (Fsp3) is 0.250. The minimum absolute atomic E-state index is 0.321. The molecule has 0 spiro atoms. The Labute approximate surface area is 108 Å². The summed E-state index contributed by atoms with van der Waals surface area (Å²) in [6.45, 7) is 0.733. The Bertz CT molecular complexity index is 633. The summed E-state index contributed by atoms with van der Waals surface area (Å²) in [6.07, 6.45) is 3.08. The standard InChI is InChI=1S/C12H13N3O4/c1-12(19,11(17)18)7-13-10(16)8-6-14-15-5-3-2-4-9(8)15/h2-6,19H,7H2,1H3,(H,13,16)(H,17,18). The van der Waals surface area contributed by atoms with E-state index in [1.165, 1.54) is 10.7 Å². The molecule has 2 heterocycles. The predicted octanol–water partition coefficient (Wildman–Crippen LogP) is -0.100. The highest BCUT2D eigenvalue weighted by Gasteiger charge is 2.30. The molecule has 2 aromatic heterocycles. The summed E-state index contributed by atoms with van der Waals surface area (Å²) in [5, 5.41) is 24.6. The zero-order valence-corrected chi connectivity index (χ0v) is 10.2. The molecule has 0 aromatic carbocycles. The normalized spacial score (nSPS) is 14.0. The number of hydrogen-bond acceptors (Lipinski definition) is 4. The van der Waals surface area contributed by atoms with Gasteiger partial charge in [0.1, 0.15) is 0 Å². The van der Waals surface area contributed by atoms with Crippen LogP contribution in [0.15, 0.2) is 30.6 Å². The number of carbonyl (C=O) groups is 2. The lowest BCUT2D eigenvalue weighted by molar-refractivity contribution is -0.155. The van der Waals surface area contributed by atoms with Gasteiger partial charge in [0.25, 0.3) is 5.91 Å². The number of hydrogen-bond donors (Lipinski definition) is 3. The van der Waals surface area contributed by atoms with E-state index in [0.29, 0.717) is 11.1 Å². The Kier molecular flexibility index (Phi) is 3.22. The van der Waals surface area contributed by atoms with Crippen LogP contribution in [0.4, 0.5) is 0 Å². The average molecular weight is 263 g/mol. The van der Waals surface area contributed by atoms with Crippen molar-refractivity contribution in [1.82, 2.24) is 14.9 Å². The molecule has 1 atom stereocenters. The molecule has 0 aliphatic heterocycles. The van der Waals surface area contributed by atoms with Crippen molar-refractivity contribution in [3.05, 3.63) is 36.2 Å². The van der Waals surface area contributed by atoms with Gasteiger partial charge in [-0.2, -0.15) is 5.10 Å². The summed E-state index contributed by atoms with van der Waals surface area (Å²) < 4.78 is 1.53. The lowest BCUT2D eigenvalue weighted by Gasteiger charge is -2.17. The molecule has 2 rings (SSSR count). The third-order valence-electron chi connectivity index (χ3n) is 2.73. The number of aliphatic hydroxyl groups is 1. The summed E-state index contributed by atoms with van der Waals surface area (Å²) in [6, 6.07) is 5.26. The molecular formula is C12H13N3O4. The molecular weight excluding hydrogens is 250 g/mol. The maximum atomic E-state index is 11.9. The van der Waals surface area contributed by atoms with Crippen LogP contribution in [0.5, 0.6) is 0 Å². The Balaban J connectivity index is 2.15. The molecule has 7 heteroatoms. The van der Waals surface area contributed by atoms with E-state index in [-0.39, 0.29) is 6.54 Å². The largest absolute Gasteiger partial charge is 0.479 e. The van der Waals surface area contributed by atoms with Crippen molar-refractivity contribution in [2.75, 3.05) is 6.54 Å². The van der Waals surface area contributed by atoms with E-state index >= 15 is 0 Å². The van der Waals surface area contributed by atoms with E-state index in [9.17, 15) is 14.7 Å². The second-order valence-electron chi connectivity index (χ2n) is 4.35. The van der Waals surface area contributed by atoms with Crippen LogP contribution < -0.4 is 5.32 Å². The first-order chi connectivity index (χ1) is 8.92. The zero-order chi connectivity index (χ0) is 14.0. The molecule has 2 aromatic rings. The number of fused-ring (bicyclic) bond motifs is 1. The highest BCUT2D eigenvalue weighted by Crippen LogP contribution is 2.10. The van der Waals surface area contributed by atoms with Crippen LogP contribution in [0.3, 0.4) is 0 Å². The number of nitrogens with one attached hydrogen (secondary N) is 1. The zero-order valence-electron chi connectivity index (χ0n) is 10.2. The van der Waals surface area contributed by atoms with Gasteiger partial charge in [0, 0.05) is 6.20 Å². The first-order valence-electron chi connectivity index (χ1n) is 5.58. The van der Waals surface area contributed by atoms with Gasteiger partial charge in [-0.25, -0.2) is 9.31 Å². The summed E-state index contributed by atoms with van der Waals surface area (Å²) in [5.41, 5.74) is -1.07. The van der Waals surface area contributed by atoms with Crippen LogP contribution in [-0.4, -0.2) is 43.8 Å². The predicted molar refractivity (Wildman–Crippen MR) is 65.8 cm³/mol. The Morgan fingerprint density at radius 2 is 2.21 bits per heavy atom. The molecule has 0 aliphatic rings. The van der Waals surface area contributed by atoms with E-state index < -0.39 is 17.5 Å². The molecule has 1 amide bonds. The summed E-state index contributed by atoms with van der Waals surface area (Å²) in [5.74, 6) is -1.88. The number of amides is 1. The van der Waals surface area contributed by atoms with Crippen LogP contribution in [0.2, 0.25) is 0 Å². The molecule has 19 heavy (non-hydrogen) atoms. The van der Waals surface area contributed by atoms with E-state index in [0.717, 1.165) is 6.92 Å². The van der Waals surface area contributed by atoms with Crippen molar-refractivity contribution in [2.24, 2.45) is 0 Å². The lowest BCUT2D eigenvalue weighted by Crippen LogP contribution is -2.46. The van der Waals surface area contributed by atoms with Gasteiger partial charge in [0.15, 0.2) is 5.60 Å². The summed E-state index contributed by atoms with van der Waals surface area (Å²) in [7, 11) is 0. The molecule has 0 bridgehead atoms. The van der Waals surface area contributed by atoms with Crippen LogP contribution in [-0.2, 0) is 4.79 Å². The quantitative estimate of drug-likeness (QED) is 0.714. The average Bonchev–Trinajstić information content (AvgIpc) is 2.79. The fourth-order valence-electron chi connectivity index (χ4n) is 1.53.